The van der Waals surface area contributed by atoms with Gasteiger partial charge in [0.15, 0.2) is 0 Å². The molecular weight excluding hydrogens is 140 g/mol. The molecule has 2 heterocycles. The molecule has 11 heavy (non-hydrogen) atoms. The third-order valence-electron chi connectivity index (χ3n) is 2.70. The first kappa shape index (κ1) is 7.10. The van der Waals surface area contributed by atoms with Crippen molar-refractivity contribution in [2.45, 2.75) is 25.3 Å². The van der Waals surface area contributed by atoms with E-state index in [9.17, 15) is 4.79 Å². The van der Waals surface area contributed by atoms with Crippen LogP contribution in [-0.2, 0) is 4.79 Å². The molecule has 1 amide bonds. The van der Waals surface area contributed by atoms with Gasteiger partial charge in [0.25, 0.3) is 0 Å². The van der Waals surface area contributed by atoms with Gasteiger partial charge in [-0.05, 0) is 31.8 Å². The molecule has 2 aliphatic rings. The Kier molecular flexibility index (Phi) is 1.82. The summed E-state index contributed by atoms with van der Waals surface area (Å²) in [5.41, 5.74) is 0. The van der Waals surface area contributed by atoms with Crippen LogP contribution in [0.1, 0.15) is 19.3 Å². The monoisotopic (exact) mass is 154 g/mol. The van der Waals surface area contributed by atoms with Crippen molar-refractivity contribution in [3.05, 3.63) is 0 Å². The molecule has 3 heteroatoms. The average Bonchev–Trinajstić information content (AvgIpc) is 2.04. The van der Waals surface area contributed by atoms with Crippen LogP contribution in [0.3, 0.4) is 0 Å². The van der Waals surface area contributed by atoms with E-state index in [4.69, 9.17) is 0 Å². The number of piperidine rings is 2. The Balaban J connectivity index is 1.98. The number of carbonyl (C=O) groups is 1. The fourth-order valence-electron chi connectivity index (χ4n) is 2.01. The molecule has 2 rings (SSSR count). The highest BCUT2D eigenvalue weighted by molar-refractivity contribution is 5.77. The molecule has 2 N–H and O–H groups in total. The third kappa shape index (κ3) is 1.38. The molecule has 2 aliphatic heterocycles. The van der Waals surface area contributed by atoms with E-state index in [1.165, 1.54) is 0 Å². The van der Waals surface area contributed by atoms with Crippen molar-refractivity contribution in [2.75, 3.05) is 13.1 Å². The lowest BCUT2D eigenvalue weighted by molar-refractivity contribution is -0.124. The summed E-state index contributed by atoms with van der Waals surface area (Å²) in [6.07, 6.45) is 2.91. The number of hydrogen-bond acceptors (Lipinski definition) is 2. The van der Waals surface area contributed by atoms with E-state index in [0.29, 0.717) is 12.0 Å². The first-order chi connectivity index (χ1) is 5.36. The van der Waals surface area contributed by atoms with E-state index in [2.05, 4.69) is 10.6 Å². The smallest absolute Gasteiger partial charge is 0.220 e. The molecule has 0 bridgehead atoms. The van der Waals surface area contributed by atoms with Crippen LogP contribution in [0, 0.1) is 5.92 Å². The lowest BCUT2D eigenvalue weighted by Crippen LogP contribution is -2.52. The number of hydrogen-bond donors (Lipinski definition) is 2. The van der Waals surface area contributed by atoms with Crippen molar-refractivity contribution in [1.29, 1.82) is 0 Å². The molecule has 0 aromatic carbocycles. The minimum Gasteiger partial charge on any atom is -0.353 e. The molecule has 0 aromatic heterocycles. The van der Waals surface area contributed by atoms with Crippen LogP contribution in [0.25, 0.3) is 0 Å². The Morgan fingerprint density at radius 2 is 2.27 bits per heavy atom. The van der Waals surface area contributed by atoms with Gasteiger partial charge in [-0.2, -0.15) is 0 Å². The number of rotatable bonds is 0. The Morgan fingerprint density at radius 1 is 1.36 bits per heavy atom. The van der Waals surface area contributed by atoms with E-state index in [-0.39, 0.29) is 5.91 Å². The zero-order valence-corrected chi connectivity index (χ0v) is 6.60. The number of nitrogens with one attached hydrogen (secondary N) is 2. The van der Waals surface area contributed by atoms with Gasteiger partial charge in [0.2, 0.25) is 5.91 Å². The van der Waals surface area contributed by atoms with Crippen LogP contribution in [0.4, 0.5) is 0 Å². The van der Waals surface area contributed by atoms with Gasteiger partial charge >= 0.3 is 0 Å². The minimum atomic E-state index is 0.244. The molecule has 0 aliphatic carbocycles. The van der Waals surface area contributed by atoms with Crippen molar-refractivity contribution in [2.24, 2.45) is 5.92 Å². The Bertz CT molecular complexity index is 169. The fourth-order valence-corrected chi connectivity index (χ4v) is 2.01. The molecule has 2 saturated heterocycles. The molecule has 0 radical (unpaired) electrons. The summed E-state index contributed by atoms with van der Waals surface area (Å²) in [4.78, 5) is 11.0. The molecule has 0 unspecified atom stereocenters. The maximum absolute atomic E-state index is 11.0. The summed E-state index contributed by atoms with van der Waals surface area (Å²) in [6.45, 7) is 2.15. The first-order valence-corrected chi connectivity index (χ1v) is 4.36. The summed E-state index contributed by atoms with van der Waals surface area (Å²) < 4.78 is 0. The molecule has 0 aromatic rings. The molecule has 2 atom stereocenters. The Morgan fingerprint density at radius 3 is 3.18 bits per heavy atom. The molecule has 0 saturated carbocycles. The van der Waals surface area contributed by atoms with Gasteiger partial charge in [-0.25, -0.2) is 0 Å². The van der Waals surface area contributed by atoms with Gasteiger partial charge in [0, 0.05) is 12.5 Å². The van der Waals surface area contributed by atoms with Crippen LogP contribution in [-0.4, -0.2) is 25.0 Å². The second-order valence-corrected chi connectivity index (χ2v) is 3.47. The highest BCUT2D eigenvalue weighted by Gasteiger charge is 2.30. The predicted octanol–water partition coefficient (Wildman–Crippen LogP) is -0.126. The van der Waals surface area contributed by atoms with Crippen LogP contribution < -0.4 is 10.6 Å². The number of fused-ring (bicyclic) bond motifs is 1. The topological polar surface area (TPSA) is 41.1 Å². The minimum absolute atomic E-state index is 0.244. The summed E-state index contributed by atoms with van der Waals surface area (Å²) >= 11 is 0. The largest absolute Gasteiger partial charge is 0.353 e. The molecule has 62 valence electrons. The quantitative estimate of drug-likeness (QED) is 0.510. The molecule has 3 nitrogen and oxygen atoms in total. The number of amides is 1. The summed E-state index contributed by atoms with van der Waals surface area (Å²) in [7, 11) is 0. The zero-order chi connectivity index (χ0) is 7.68. The maximum Gasteiger partial charge on any atom is 0.220 e. The lowest BCUT2D eigenvalue weighted by Gasteiger charge is -2.36. The van der Waals surface area contributed by atoms with E-state index in [1.807, 2.05) is 0 Å². The van der Waals surface area contributed by atoms with Crippen LogP contribution in [0.15, 0.2) is 0 Å². The van der Waals surface area contributed by atoms with Gasteiger partial charge in [0.1, 0.15) is 0 Å². The second kappa shape index (κ2) is 2.81. The van der Waals surface area contributed by atoms with Crippen LogP contribution in [0.5, 0.6) is 0 Å². The molecule has 2 fully saturated rings. The van der Waals surface area contributed by atoms with Gasteiger partial charge in [-0.15, -0.1) is 0 Å². The van der Waals surface area contributed by atoms with E-state index in [1.54, 1.807) is 0 Å². The first-order valence-electron chi connectivity index (χ1n) is 4.36. The predicted molar refractivity (Wildman–Crippen MR) is 42.1 cm³/mol. The van der Waals surface area contributed by atoms with Gasteiger partial charge in [-0.1, -0.05) is 0 Å². The highest BCUT2D eigenvalue weighted by atomic mass is 16.1. The van der Waals surface area contributed by atoms with E-state index >= 15 is 0 Å². The normalized spacial score (nSPS) is 37.6. The third-order valence-corrected chi connectivity index (χ3v) is 2.70. The summed E-state index contributed by atoms with van der Waals surface area (Å²) in [6, 6.07) is 0.470. The van der Waals surface area contributed by atoms with Gasteiger partial charge < -0.3 is 10.6 Å². The molecule has 0 spiro atoms. The summed E-state index contributed by atoms with van der Waals surface area (Å²) in [5.74, 6) is 0.939. The summed E-state index contributed by atoms with van der Waals surface area (Å²) in [5, 5.41) is 6.39. The van der Waals surface area contributed by atoms with Gasteiger partial charge in [0.05, 0.1) is 0 Å². The van der Waals surface area contributed by atoms with E-state index in [0.717, 1.165) is 32.4 Å². The maximum atomic E-state index is 11.0. The van der Waals surface area contributed by atoms with Crippen molar-refractivity contribution in [3.63, 3.8) is 0 Å². The van der Waals surface area contributed by atoms with Crippen molar-refractivity contribution in [1.82, 2.24) is 10.6 Å². The SMILES string of the molecule is O=C1CC[C@@H]2CNCC[C@@H]2N1. The zero-order valence-electron chi connectivity index (χ0n) is 6.60. The van der Waals surface area contributed by atoms with Crippen molar-refractivity contribution in [3.8, 4) is 0 Å². The van der Waals surface area contributed by atoms with Gasteiger partial charge in [-0.3, -0.25) is 4.79 Å². The molecular formula is C8H14N2O. The van der Waals surface area contributed by atoms with Crippen molar-refractivity contribution < 1.29 is 4.79 Å². The van der Waals surface area contributed by atoms with Crippen LogP contribution in [0.2, 0.25) is 0 Å². The number of carbonyl (C=O) groups excluding carboxylic acids is 1. The fraction of sp³-hybridized carbons (Fsp3) is 0.875. The Labute approximate surface area is 66.5 Å². The van der Waals surface area contributed by atoms with Crippen molar-refractivity contribution >= 4 is 5.91 Å². The average molecular weight is 154 g/mol. The van der Waals surface area contributed by atoms with Crippen LogP contribution >= 0.6 is 0 Å². The van der Waals surface area contributed by atoms with E-state index < -0.39 is 0 Å². The standard InChI is InChI=1S/C8H14N2O/c11-8-2-1-6-5-9-4-3-7(6)10-8/h6-7,9H,1-5H2,(H,10,11)/t6-,7+/m1/s1. The lowest BCUT2D eigenvalue weighted by atomic mass is 9.86. The Hall–Kier alpha value is -0.570. The highest BCUT2D eigenvalue weighted by Crippen LogP contribution is 2.20. The second-order valence-electron chi connectivity index (χ2n) is 3.47.